The van der Waals surface area contributed by atoms with Crippen LogP contribution in [0.2, 0.25) is 0 Å². The second kappa shape index (κ2) is 7.46. The Morgan fingerprint density at radius 1 is 1.00 bits per heavy atom. The van der Waals surface area contributed by atoms with Gasteiger partial charge in [-0.15, -0.1) is 0 Å². The van der Waals surface area contributed by atoms with Crippen LogP contribution in [0.1, 0.15) is 44.9 Å². The lowest BCUT2D eigenvalue weighted by Gasteiger charge is -2.44. The summed E-state index contributed by atoms with van der Waals surface area (Å²) in [6.07, 6.45) is 10.4. The summed E-state index contributed by atoms with van der Waals surface area (Å²) >= 11 is 0. The largest absolute Gasteiger partial charge is 0.383 e. The Morgan fingerprint density at radius 2 is 1.72 bits per heavy atom. The molecule has 1 heterocycles. The van der Waals surface area contributed by atoms with E-state index in [0.717, 1.165) is 25.1 Å². The van der Waals surface area contributed by atoms with Gasteiger partial charge in [-0.3, -0.25) is 0 Å². The Kier molecular flexibility index (Phi) is 5.93. The SMILES string of the molecule is COCCNCCN1CCC2(CCCCC2)CC1. The van der Waals surface area contributed by atoms with E-state index in [4.69, 9.17) is 4.74 Å². The Hall–Kier alpha value is -0.120. The average molecular weight is 254 g/mol. The molecule has 0 radical (unpaired) electrons. The first-order valence-electron chi connectivity index (χ1n) is 7.77. The Morgan fingerprint density at radius 3 is 2.39 bits per heavy atom. The second-order valence-electron chi connectivity index (χ2n) is 6.15. The molecule has 1 aliphatic heterocycles. The monoisotopic (exact) mass is 254 g/mol. The summed E-state index contributed by atoms with van der Waals surface area (Å²) in [5.41, 5.74) is 0.748. The molecule has 0 aromatic rings. The van der Waals surface area contributed by atoms with Crippen molar-refractivity contribution in [3.63, 3.8) is 0 Å². The molecule has 18 heavy (non-hydrogen) atoms. The molecule has 1 spiro atoms. The second-order valence-corrected chi connectivity index (χ2v) is 6.15. The number of methoxy groups -OCH3 is 1. The maximum atomic E-state index is 5.03. The molecule has 3 heteroatoms. The van der Waals surface area contributed by atoms with E-state index in [2.05, 4.69) is 10.2 Å². The van der Waals surface area contributed by atoms with Crippen LogP contribution in [0.3, 0.4) is 0 Å². The Bertz CT molecular complexity index is 217. The van der Waals surface area contributed by atoms with Crippen molar-refractivity contribution >= 4 is 0 Å². The maximum absolute atomic E-state index is 5.03. The van der Waals surface area contributed by atoms with E-state index in [-0.39, 0.29) is 0 Å². The summed E-state index contributed by atoms with van der Waals surface area (Å²) in [4.78, 5) is 2.64. The normalized spacial score (nSPS) is 24.5. The summed E-state index contributed by atoms with van der Waals surface area (Å²) in [6, 6.07) is 0. The fourth-order valence-electron chi connectivity index (χ4n) is 3.59. The highest BCUT2D eigenvalue weighted by Crippen LogP contribution is 2.44. The summed E-state index contributed by atoms with van der Waals surface area (Å²) in [5.74, 6) is 0. The number of ether oxygens (including phenoxy) is 1. The Balaban J connectivity index is 1.58. The number of piperidine rings is 1. The van der Waals surface area contributed by atoms with Gasteiger partial charge in [0.25, 0.3) is 0 Å². The van der Waals surface area contributed by atoms with E-state index in [0.29, 0.717) is 0 Å². The third kappa shape index (κ3) is 4.22. The van der Waals surface area contributed by atoms with Crippen molar-refractivity contribution in [2.45, 2.75) is 44.9 Å². The molecule has 2 rings (SSSR count). The van der Waals surface area contributed by atoms with Crippen LogP contribution in [-0.4, -0.2) is 51.3 Å². The molecule has 2 aliphatic rings. The van der Waals surface area contributed by atoms with Gasteiger partial charge in [0.1, 0.15) is 0 Å². The zero-order valence-corrected chi connectivity index (χ0v) is 12.0. The predicted molar refractivity (Wildman–Crippen MR) is 75.9 cm³/mol. The Labute approximate surface area is 112 Å². The van der Waals surface area contributed by atoms with Gasteiger partial charge in [-0.1, -0.05) is 19.3 Å². The molecule has 1 saturated carbocycles. The molecule has 0 unspecified atom stereocenters. The summed E-state index contributed by atoms with van der Waals surface area (Å²) in [5, 5.41) is 3.44. The fourth-order valence-corrected chi connectivity index (χ4v) is 3.59. The molecule has 0 atom stereocenters. The van der Waals surface area contributed by atoms with Crippen molar-refractivity contribution < 1.29 is 4.74 Å². The van der Waals surface area contributed by atoms with Gasteiger partial charge in [-0.05, 0) is 44.2 Å². The quantitative estimate of drug-likeness (QED) is 0.736. The number of likely N-dealkylation sites (tertiary alicyclic amines) is 1. The zero-order chi connectivity index (χ0) is 12.7. The lowest BCUT2D eigenvalue weighted by Crippen LogP contribution is -2.43. The number of nitrogens with one attached hydrogen (secondary N) is 1. The van der Waals surface area contributed by atoms with Gasteiger partial charge < -0.3 is 15.0 Å². The van der Waals surface area contributed by atoms with E-state index in [1.54, 1.807) is 7.11 Å². The lowest BCUT2D eigenvalue weighted by atomic mass is 9.68. The highest BCUT2D eigenvalue weighted by atomic mass is 16.5. The minimum absolute atomic E-state index is 0.748. The van der Waals surface area contributed by atoms with Gasteiger partial charge in [-0.2, -0.15) is 0 Å². The third-order valence-corrected chi connectivity index (χ3v) is 4.92. The van der Waals surface area contributed by atoms with Crippen LogP contribution in [0.15, 0.2) is 0 Å². The van der Waals surface area contributed by atoms with Gasteiger partial charge >= 0.3 is 0 Å². The molecule has 0 aromatic heterocycles. The first-order valence-corrected chi connectivity index (χ1v) is 7.77. The highest BCUT2D eigenvalue weighted by molar-refractivity contribution is 4.88. The average Bonchev–Trinajstić information content (AvgIpc) is 2.42. The molecule has 106 valence electrons. The topological polar surface area (TPSA) is 24.5 Å². The number of hydrogen-bond donors (Lipinski definition) is 1. The first kappa shape index (κ1) is 14.3. The number of hydrogen-bond acceptors (Lipinski definition) is 3. The molecule has 0 bridgehead atoms. The summed E-state index contributed by atoms with van der Waals surface area (Å²) < 4.78 is 5.03. The number of nitrogens with zero attached hydrogens (tertiary/aromatic N) is 1. The van der Waals surface area contributed by atoms with Crippen molar-refractivity contribution in [3.8, 4) is 0 Å². The number of rotatable bonds is 6. The van der Waals surface area contributed by atoms with Crippen molar-refractivity contribution in [1.82, 2.24) is 10.2 Å². The van der Waals surface area contributed by atoms with Crippen molar-refractivity contribution in [2.24, 2.45) is 5.41 Å². The zero-order valence-electron chi connectivity index (χ0n) is 12.0. The molecule has 3 nitrogen and oxygen atoms in total. The van der Waals surface area contributed by atoms with Gasteiger partial charge in [0.2, 0.25) is 0 Å². The van der Waals surface area contributed by atoms with Crippen LogP contribution in [0.5, 0.6) is 0 Å². The van der Waals surface area contributed by atoms with Crippen LogP contribution in [-0.2, 0) is 4.74 Å². The molecular formula is C15H30N2O. The van der Waals surface area contributed by atoms with Gasteiger partial charge in [0.05, 0.1) is 6.61 Å². The van der Waals surface area contributed by atoms with Crippen molar-refractivity contribution in [2.75, 3.05) is 46.4 Å². The van der Waals surface area contributed by atoms with Crippen LogP contribution in [0.4, 0.5) is 0 Å². The van der Waals surface area contributed by atoms with Gasteiger partial charge in [-0.25, -0.2) is 0 Å². The minimum Gasteiger partial charge on any atom is -0.383 e. The molecule has 0 amide bonds. The fraction of sp³-hybridized carbons (Fsp3) is 1.00. The molecule has 2 fully saturated rings. The van der Waals surface area contributed by atoms with E-state index in [1.807, 2.05) is 0 Å². The van der Waals surface area contributed by atoms with E-state index in [9.17, 15) is 0 Å². The van der Waals surface area contributed by atoms with E-state index in [1.165, 1.54) is 64.6 Å². The van der Waals surface area contributed by atoms with Crippen LogP contribution < -0.4 is 5.32 Å². The molecule has 0 aromatic carbocycles. The maximum Gasteiger partial charge on any atom is 0.0587 e. The van der Waals surface area contributed by atoms with Gasteiger partial charge in [0.15, 0.2) is 0 Å². The minimum atomic E-state index is 0.748. The smallest absolute Gasteiger partial charge is 0.0587 e. The van der Waals surface area contributed by atoms with Crippen LogP contribution in [0.25, 0.3) is 0 Å². The molecule has 1 aliphatic carbocycles. The third-order valence-electron chi connectivity index (χ3n) is 4.92. The summed E-state index contributed by atoms with van der Waals surface area (Å²) in [7, 11) is 1.76. The highest BCUT2D eigenvalue weighted by Gasteiger charge is 2.35. The standard InChI is InChI=1S/C15H30N2O/c1-18-14-10-16-9-13-17-11-7-15(8-12-17)5-3-2-4-6-15/h16H,2-14H2,1H3. The molecule has 1 saturated heterocycles. The van der Waals surface area contributed by atoms with Crippen molar-refractivity contribution in [1.29, 1.82) is 0 Å². The summed E-state index contributed by atoms with van der Waals surface area (Å²) in [6.45, 7) is 6.77. The van der Waals surface area contributed by atoms with Crippen LogP contribution in [0, 0.1) is 5.41 Å². The van der Waals surface area contributed by atoms with Crippen LogP contribution >= 0.6 is 0 Å². The van der Waals surface area contributed by atoms with E-state index >= 15 is 0 Å². The first-order chi connectivity index (χ1) is 8.85. The van der Waals surface area contributed by atoms with E-state index < -0.39 is 0 Å². The van der Waals surface area contributed by atoms with Gasteiger partial charge in [0, 0.05) is 26.7 Å². The predicted octanol–water partition coefficient (Wildman–Crippen LogP) is 2.27. The lowest BCUT2D eigenvalue weighted by molar-refractivity contribution is 0.0681. The molecule has 1 N–H and O–H groups in total. The molecular weight excluding hydrogens is 224 g/mol. The van der Waals surface area contributed by atoms with Crippen molar-refractivity contribution in [3.05, 3.63) is 0 Å².